The van der Waals surface area contributed by atoms with Crippen molar-refractivity contribution in [1.82, 2.24) is 0 Å². The molecule has 0 aromatic rings. The molecule has 0 unspecified atom stereocenters. The summed E-state index contributed by atoms with van der Waals surface area (Å²) in [5, 5.41) is 0. The minimum absolute atomic E-state index is 0. The third-order valence-corrected chi connectivity index (χ3v) is 0. The average Bonchev–Trinajstić information content (AvgIpc) is 0.650. The summed E-state index contributed by atoms with van der Waals surface area (Å²) in [6.07, 6.45) is 0. The Morgan fingerprint density at radius 1 is 0.714 bits per heavy atom. The molecule has 0 aliphatic heterocycles. The van der Waals surface area contributed by atoms with Crippen LogP contribution in [-0.4, -0.2) is 51.4 Å². The van der Waals surface area contributed by atoms with E-state index < -0.39 is 12.6 Å². The van der Waals surface area contributed by atoms with Crippen LogP contribution in [0.2, 0.25) is 0 Å². The summed E-state index contributed by atoms with van der Waals surface area (Å²) >= 11 is -7.74. The van der Waals surface area contributed by atoms with Gasteiger partial charge in [0.1, 0.15) is 0 Å². The summed E-state index contributed by atoms with van der Waals surface area (Å²) in [4.78, 5) is 0. The van der Waals surface area contributed by atoms with E-state index in [1.54, 1.807) is 0 Å². The minimum atomic E-state index is -7.74. The molecule has 0 atom stereocenters. The van der Waals surface area contributed by atoms with Crippen molar-refractivity contribution in [1.29, 1.82) is 0 Å². The van der Waals surface area contributed by atoms with Gasteiger partial charge in [0, 0.05) is 0 Å². The van der Waals surface area contributed by atoms with E-state index in [0.29, 0.717) is 0 Å². The van der Waals surface area contributed by atoms with Crippen molar-refractivity contribution in [3.8, 4) is 0 Å². The van der Waals surface area contributed by atoms with Gasteiger partial charge in [-0.2, -0.15) is 0 Å². The second-order valence-corrected chi connectivity index (χ2v) is 3.07. The van der Waals surface area contributed by atoms with Crippen LogP contribution < -0.4 is 0 Å². The first-order chi connectivity index (χ1) is 2.24. The normalized spacial score (nSPS) is 8.57. The Balaban J connectivity index is 0. The average molecular weight is 171 g/mol. The second-order valence-electron chi connectivity index (χ2n) is 0.745. The van der Waals surface area contributed by atoms with Crippen molar-refractivity contribution in [3.63, 3.8) is 0 Å². The van der Waals surface area contributed by atoms with Gasteiger partial charge in [-0.3, -0.25) is 0 Å². The van der Waals surface area contributed by atoms with Crippen molar-refractivity contribution >= 4 is 51.4 Å². The summed E-state index contributed by atoms with van der Waals surface area (Å²) in [5.41, 5.74) is 0. The van der Waals surface area contributed by atoms with Crippen LogP contribution >= 0.6 is 0 Å². The van der Waals surface area contributed by atoms with Crippen LogP contribution in [0.15, 0.2) is 0 Å². The monoisotopic (exact) mass is 171 g/mol. The summed E-state index contributed by atoms with van der Waals surface area (Å²) < 4.78 is 43.2. The Morgan fingerprint density at radius 2 is 0.714 bits per heavy atom. The van der Waals surface area contributed by atoms with Crippen molar-refractivity contribution in [2.24, 2.45) is 0 Å². The molecule has 0 saturated heterocycles. The van der Waals surface area contributed by atoms with E-state index >= 15 is 0 Å². The van der Waals surface area contributed by atoms with Gasteiger partial charge < -0.3 is 0 Å². The van der Waals surface area contributed by atoms with Gasteiger partial charge in [-0.25, -0.2) is 0 Å². The fourth-order valence-electron chi connectivity index (χ4n) is 0. The van der Waals surface area contributed by atoms with E-state index in [-0.39, 0.29) is 51.4 Å². The molecule has 0 heterocycles. The van der Waals surface area contributed by atoms with Crippen molar-refractivity contribution in [3.05, 3.63) is 0 Å². The molecular weight excluding hydrogens is 170 g/mol. The zero-order valence-electron chi connectivity index (χ0n) is 2.49. The number of hydrogen-bond acceptors (Lipinski definition) is 5. The predicted octanol–water partition coefficient (Wildman–Crippen LogP) is -1.25. The van der Waals surface area contributed by atoms with Crippen molar-refractivity contribution in [2.75, 3.05) is 0 Å². The van der Waals surface area contributed by atoms with Crippen LogP contribution in [0.1, 0.15) is 0 Å². The van der Waals surface area contributed by atoms with Crippen molar-refractivity contribution in [2.45, 2.75) is 0 Å². The van der Waals surface area contributed by atoms with Gasteiger partial charge in [0.05, 0.1) is 0 Å². The third-order valence-electron chi connectivity index (χ3n) is 0. The molecule has 0 N–H and O–H groups in total. The molecule has 0 radical (unpaired) electrons. The summed E-state index contributed by atoms with van der Waals surface area (Å²) in [7, 11) is 0. The second kappa shape index (κ2) is 2.22. The van der Waals surface area contributed by atoms with Gasteiger partial charge in [-0.1, -0.05) is 0 Å². The third kappa shape index (κ3) is 132. The first-order valence-electron chi connectivity index (χ1n) is 0.913. The van der Waals surface area contributed by atoms with Crippen molar-refractivity contribution < 1.29 is 31.0 Å². The van der Waals surface area contributed by atoms with E-state index in [4.69, 9.17) is 18.4 Å². The Labute approximate surface area is 80.8 Å². The number of hydrogen-bond donors (Lipinski definition) is 0. The summed E-state index contributed by atoms with van der Waals surface area (Å²) in [6, 6.07) is 0. The molecule has 5 nitrogen and oxygen atoms in total. The molecule has 0 amide bonds. The predicted molar refractivity (Wildman–Crippen MR) is 10.6 cm³/mol. The van der Waals surface area contributed by atoms with E-state index in [9.17, 15) is 0 Å². The summed E-state index contributed by atoms with van der Waals surface area (Å²) in [6.45, 7) is 0. The Morgan fingerprint density at radius 3 is 0.714 bits per heavy atom. The van der Waals surface area contributed by atoms with Gasteiger partial charge in [0.2, 0.25) is 0 Å². The maximum atomic E-state index is 8.64. The maximum absolute atomic E-state index is 8.64. The van der Waals surface area contributed by atoms with Gasteiger partial charge in [0.25, 0.3) is 0 Å². The van der Waals surface area contributed by atoms with Gasteiger partial charge in [0.15, 0.2) is 0 Å². The molecule has 0 rings (SSSR count). The zero-order chi connectivity index (χ0) is 5.45. The first kappa shape index (κ1) is 11.1. The van der Waals surface area contributed by atoms with Crippen LogP contribution in [0.3, 0.4) is 0 Å². The van der Waals surface area contributed by atoms with Crippen LogP contribution in [-0.2, 0) is 31.0 Å². The Hall–Kier alpha value is 1.22. The molecule has 0 fully saturated rings. The van der Waals surface area contributed by atoms with E-state index in [1.165, 1.54) is 0 Å². The molecule has 37 valence electrons. The molecule has 0 aromatic heterocycles. The Kier molecular flexibility index (Phi) is 3.51. The molecule has 0 aliphatic carbocycles. The van der Waals surface area contributed by atoms with Crippen LogP contribution in [0.25, 0.3) is 0 Å². The van der Waals surface area contributed by atoms with Crippen LogP contribution in [0, 0.1) is 0 Å². The molecule has 0 aromatic carbocycles. The summed E-state index contributed by atoms with van der Waals surface area (Å²) in [5.74, 6) is 0. The molecule has 7 heteroatoms. The molecule has 0 aliphatic rings. The van der Waals surface area contributed by atoms with Gasteiger partial charge in [-0.15, -0.1) is 0 Å². The number of rotatable bonds is 0. The quantitative estimate of drug-likeness (QED) is 0.425. The van der Waals surface area contributed by atoms with E-state index in [0.717, 1.165) is 0 Å². The zero-order valence-corrected chi connectivity index (χ0v) is 3.89. The first-order valence-corrected chi connectivity index (χ1v) is 3.76. The van der Waals surface area contributed by atoms with E-state index in [1.807, 2.05) is 0 Å². The molecule has 0 saturated carbocycles. The van der Waals surface area contributed by atoms with Gasteiger partial charge in [-0.05, 0) is 0 Å². The SMILES string of the molecule is [KH].[O]=[V](=[O])(=[O])(=[O])=[O]. The fraction of sp³-hybridized carbons (Fsp3) is 0. The van der Waals surface area contributed by atoms with Crippen LogP contribution in [0.5, 0.6) is 0 Å². The fourth-order valence-corrected chi connectivity index (χ4v) is 0. The van der Waals surface area contributed by atoms with E-state index in [2.05, 4.69) is 0 Å². The molecule has 0 spiro atoms. The standard InChI is InChI=1S/K.5O.V.H. The van der Waals surface area contributed by atoms with Gasteiger partial charge >= 0.3 is 82.4 Å². The molecular formula is HKO5V. The molecule has 7 heavy (non-hydrogen) atoms. The van der Waals surface area contributed by atoms with Crippen LogP contribution in [0.4, 0.5) is 0 Å². The molecule has 0 bridgehead atoms. The Bertz CT molecular complexity index is 278. The topological polar surface area (TPSA) is 85.3 Å².